The average molecular weight is 325 g/mol. The molecule has 0 atom stereocenters. The first-order chi connectivity index (χ1) is 10.5. The van der Waals surface area contributed by atoms with Crippen molar-refractivity contribution in [2.24, 2.45) is 0 Å². The number of carbonyl (C=O) groups is 2. The Morgan fingerprint density at radius 2 is 1.95 bits per heavy atom. The van der Waals surface area contributed by atoms with Crippen molar-refractivity contribution in [1.82, 2.24) is 0 Å². The Morgan fingerprint density at radius 1 is 1.27 bits per heavy atom. The number of pyridine rings is 1. The first kappa shape index (κ1) is 15.7. The molecule has 22 heavy (non-hydrogen) atoms. The summed E-state index contributed by atoms with van der Waals surface area (Å²) >= 11 is 5.75. The lowest BCUT2D eigenvalue weighted by Crippen LogP contribution is -2.25. The number of nitrogens with zero attached hydrogens (tertiary/aromatic N) is 1. The van der Waals surface area contributed by atoms with E-state index in [9.17, 15) is 19.2 Å². The van der Waals surface area contributed by atoms with Crippen LogP contribution in [-0.4, -0.2) is 18.5 Å². The molecule has 1 heterocycles. The standard InChI is InChI=1S/C14H10ClFN2O4/c15-11-7-10(16)1-2-12(11)17-13(19)8-22-14(20)9-3-5-18(21)6-4-9/h1-7H,8H2,(H,17,19). The maximum Gasteiger partial charge on any atom is 0.339 e. The van der Waals surface area contributed by atoms with Gasteiger partial charge in [-0.1, -0.05) is 11.6 Å². The quantitative estimate of drug-likeness (QED) is 0.529. The van der Waals surface area contributed by atoms with Crippen molar-refractivity contribution >= 4 is 29.2 Å². The van der Waals surface area contributed by atoms with Gasteiger partial charge in [-0.25, -0.2) is 9.18 Å². The molecule has 1 N–H and O–H groups in total. The zero-order valence-electron chi connectivity index (χ0n) is 11.1. The highest BCUT2D eigenvalue weighted by atomic mass is 35.5. The minimum atomic E-state index is -0.749. The molecule has 8 heteroatoms. The molecule has 0 unspecified atom stereocenters. The third-order valence-electron chi connectivity index (χ3n) is 2.58. The molecule has 114 valence electrons. The summed E-state index contributed by atoms with van der Waals surface area (Å²) < 4.78 is 18.2. The minimum Gasteiger partial charge on any atom is -0.619 e. The number of hydrogen-bond donors (Lipinski definition) is 1. The van der Waals surface area contributed by atoms with Crippen molar-refractivity contribution in [2.75, 3.05) is 11.9 Å². The van der Waals surface area contributed by atoms with Crippen molar-refractivity contribution in [2.45, 2.75) is 0 Å². The van der Waals surface area contributed by atoms with Crippen LogP contribution in [0.2, 0.25) is 5.02 Å². The molecule has 6 nitrogen and oxygen atoms in total. The van der Waals surface area contributed by atoms with E-state index in [-0.39, 0.29) is 16.3 Å². The average Bonchev–Trinajstić information content (AvgIpc) is 2.48. The van der Waals surface area contributed by atoms with E-state index >= 15 is 0 Å². The summed E-state index contributed by atoms with van der Waals surface area (Å²) in [6, 6.07) is 6.01. The Hall–Kier alpha value is -2.67. The van der Waals surface area contributed by atoms with Crippen LogP contribution in [-0.2, 0) is 9.53 Å². The second kappa shape index (κ2) is 6.86. The molecule has 2 aromatic rings. The van der Waals surface area contributed by atoms with E-state index < -0.39 is 24.3 Å². The predicted octanol–water partition coefficient (Wildman–Crippen LogP) is 1.91. The summed E-state index contributed by atoms with van der Waals surface area (Å²) in [5.41, 5.74) is 0.343. The Bertz CT molecular complexity index is 706. The van der Waals surface area contributed by atoms with Crippen molar-refractivity contribution < 1.29 is 23.4 Å². The number of aromatic nitrogens is 1. The molecule has 0 saturated heterocycles. The van der Waals surface area contributed by atoms with Gasteiger partial charge in [0.1, 0.15) is 5.82 Å². The van der Waals surface area contributed by atoms with Gasteiger partial charge in [0.2, 0.25) is 0 Å². The highest BCUT2D eigenvalue weighted by molar-refractivity contribution is 6.33. The summed E-state index contributed by atoms with van der Waals surface area (Å²) in [6.45, 7) is -0.543. The lowest BCUT2D eigenvalue weighted by atomic mass is 10.3. The van der Waals surface area contributed by atoms with Crippen molar-refractivity contribution in [1.29, 1.82) is 0 Å². The molecular formula is C14H10ClFN2O4. The first-order valence-corrected chi connectivity index (χ1v) is 6.44. The molecule has 0 spiro atoms. The SMILES string of the molecule is O=C(COC(=O)c1cc[n+]([O-])cc1)Nc1ccc(F)cc1Cl. The van der Waals surface area contributed by atoms with Crippen molar-refractivity contribution in [3.63, 3.8) is 0 Å². The van der Waals surface area contributed by atoms with Crippen LogP contribution in [0.25, 0.3) is 0 Å². The first-order valence-electron chi connectivity index (χ1n) is 6.06. The van der Waals surface area contributed by atoms with Gasteiger partial charge in [0.15, 0.2) is 19.0 Å². The molecule has 2 rings (SSSR count). The van der Waals surface area contributed by atoms with Crippen molar-refractivity contribution in [3.8, 4) is 0 Å². The number of hydrogen-bond acceptors (Lipinski definition) is 4. The van der Waals surface area contributed by atoms with E-state index in [4.69, 9.17) is 16.3 Å². The van der Waals surface area contributed by atoms with Crippen LogP contribution in [0.5, 0.6) is 0 Å². The van der Waals surface area contributed by atoms with Gasteiger partial charge in [-0.3, -0.25) is 4.79 Å². The summed E-state index contributed by atoms with van der Waals surface area (Å²) in [5.74, 6) is -1.91. The van der Waals surface area contributed by atoms with Crippen molar-refractivity contribution in [3.05, 3.63) is 64.3 Å². The number of halogens is 2. The van der Waals surface area contributed by atoms with Crippen LogP contribution in [0.15, 0.2) is 42.7 Å². The predicted molar refractivity (Wildman–Crippen MR) is 75.7 cm³/mol. The van der Waals surface area contributed by atoms with Gasteiger partial charge >= 0.3 is 5.97 Å². The molecule has 0 aliphatic carbocycles. The normalized spacial score (nSPS) is 10.1. The van der Waals surface area contributed by atoms with Crippen LogP contribution in [0.1, 0.15) is 10.4 Å². The molecule has 1 amide bonds. The van der Waals surface area contributed by atoms with Crippen LogP contribution in [0.4, 0.5) is 10.1 Å². The number of anilines is 1. The number of ether oxygens (including phenoxy) is 1. The maximum absolute atomic E-state index is 12.9. The molecule has 0 fully saturated rings. The summed E-state index contributed by atoms with van der Waals surface area (Å²) in [5, 5.41) is 13.2. The van der Waals surface area contributed by atoms with Gasteiger partial charge < -0.3 is 15.3 Å². The van der Waals surface area contributed by atoms with Crippen LogP contribution in [0.3, 0.4) is 0 Å². The lowest BCUT2D eigenvalue weighted by Gasteiger charge is -2.08. The van der Waals surface area contributed by atoms with Crippen LogP contribution in [0, 0.1) is 11.0 Å². The van der Waals surface area contributed by atoms with E-state index in [0.717, 1.165) is 24.5 Å². The molecule has 0 aliphatic heterocycles. The Labute approximate surface area is 129 Å². The zero-order valence-corrected chi connectivity index (χ0v) is 11.8. The van der Waals surface area contributed by atoms with Crippen LogP contribution < -0.4 is 10.0 Å². The second-order valence-electron chi connectivity index (χ2n) is 4.20. The number of nitrogens with one attached hydrogen (secondary N) is 1. The molecule has 0 bridgehead atoms. The topological polar surface area (TPSA) is 82.3 Å². The van der Waals surface area contributed by atoms with Gasteiger partial charge in [0, 0.05) is 12.1 Å². The van der Waals surface area contributed by atoms with E-state index in [1.165, 1.54) is 18.2 Å². The summed E-state index contributed by atoms with van der Waals surface area (Å²) in [6.07, 6.45) is 2.27. The molecule has 1 aromatic heterocycles. The fourth-order valence-corrected chi connectivity index (χ4v) is 1.75. The van der Waals surface area contributed by atoms with E-state index in [0.29, 0.717) is 4.73 Å². The van der Waals surface area contributed by atoms with Gasteiger partial charge in [-0.15, -0.1) is 0 Å². The molecule has 1 aromatic carbocycles. The number of benzene rings is 1. The third-order valence-corrected chi connectivity index (χ3v) is 2.89. The lowest BCUT2D eigenvalue weighted by molar-refractivity contribution is -0.605. The molecule has 0 aliphatic rings. The monoisotopic (exact) mass is 324 g/mol. The van der Waals surface area contributed by atoms with Gasteiger partial charge in [0.05, 0.1) is 16.3 Å². The largest absolute Gasteiger partial charge is 0.619 e. The van der Waals surface area contributed by atoms with E-state index in [1.54, 1.807) is 0 Å². The highest BCUT2D eigenvalue weighted by Gasteiger charge is 2.12. The fraction of sp³-hybridized carbons (Fsp3) is 0.0714. The number of rotatable bonds is 4. The highest BCUT2D eigenvalue weighted by Crippen LogP contribution is 2.22. The van der Waals surface area contributed by atoms with Crippen LogP contribution >= 0.6 is 11.6 Å². The van der Waals surface area contributed by atoms with E-state index in [2.05, 4.69) is 5.32 Å². The summed E-state index contributed by atoms with van der Waals surface area (Å²) in [7, 11) is 0. The molecule has 0 radical (unpaired) electrons. The Balaban J connectivity index is 1.89. The Morgan fingerprint density at radius 3 is 2.59 bits per heavy atom. The molecule has 0 saturated carbocycles. The van der Waals surface area contributed by atoms with Gasteiger partial charge in [0.25, 0.3) is 5.91 Å². The van der Waals surface area contributed by atoms with E-state index in [1.807, 2.05) is 0 Å². The number of esters is 1. The minimum absolute atomic E-state index is 0.0303. The maximum atomic E-state index is 12.9. The molecular weight excluding hydrogens is 315 g/mol. The smallest absolute Gasteiger partial charge is 0.339 e. The second-order valence-corrected chi connectivity index (χ2v) is 4.60. The van der Waals surface area contributed by atoms with Gasteiger partial charge in [-0.05, 0) is 18.2 Å². The summed E-state index contributed by atoms with van der Waals surface area (Å²) in [4.78, 5) is 23.3. The zero-order chi connectivity index (χ0) is 16.1. The van der Waals surface area contributed by atoms with Gasteiger partial charge in [-0.2, -0.15) is 4.73 Å². The Kier molecular flexibility index (Phi) is 4.90. The number of carbonyl (C=O) groups excluding carboxylic acids is 2. The fourth-order valence-electron chi connectivity index (χ4n) is 1.54. The third kappa shape index (κ3) is 4.16. The number of amides is 1.